The highest BCUT2D eigenvalue weighted by molar-refractivity contribution is 9.10. The number of nitro groups is 1. The average Bonchev–Trinajstić information content (AvgIpc) is 2.74. The Labute approximate surface area is 182 Å². The fourth-order valence-electron chi connectivity index (χ4n) is 3.68. The molecule has 0 bridgehead atoms. The maximum Gasteiger partial charge on any atom is 0.293 e. The van der Waals surface area contributed by atoms with Gasteiger partial charge in [-0.15, -0.1) is 0 Å². The van der Waals surface area contributed by atoms with E-state index in [0.29, 0.717) is 46.5 Å². The second-order valence-electron chi connectivity index (χ2n) is 7.56. The van der Waals surface area contributed by atoms with E-state index in [1.807, 2.05) is 4.90 Å². The molecule has 2 aromatic rings. The van der Waals surface area contributed by atoms with E-state index < -0.39 is 10.8 Å². The van der Waals surface area contributed by atoms with Crippen molar-refractivity contribution in [3.05, 3.63) is 50.5 Å². The summed E-state index contributed by atoms with van der Waals surface area (Å²) in [7, 11) is 0. The van der Waals surface area contributed by atoms with Crippen LogP contribution in [0.1, 0.15) is 30.1 Å². The summed E-state index contributed by atoms with van der Waals surface area (Å²) in [6.45, 7) is 4.65. The Morgan fingerprint density at radius 1 is 1.17 bits per heavy atom. The third-order valence-corrected chi connectivity index (χ3v) is 6.09. The summed E-state index contributed by atoms with van der Waals surface area (Å²) in [4.78, 5) is 26.1. The Hall–Kier alpha value is -2.81. The van der Waals surface area contributed by atoms with E-state index in [0.717, 1.165) is 25.9 Å². The molecule has 2 aliphatic rings. The topological polar surface area (TPSA) is 93.9 Å². The lowest BCUT2D eigenvalue weighted by Crippen LogP contribution is -2.33. The highest BCUT2D eigenvalue weighted by atomic mass is 79.9. The van der Waals surface area contributed by atoms with E-state index in [1.165, 1.54) is 6.07 Å². The molecule has 0 spiro atoms. The highest BCUT2D eigenvalue weighted by Crippen LogP contribution is 2.38. The van der Waals surface area contributed by atoms with Gasteiger partial charge in [-0.05, 0) is 46.8 Å². The molecule has 2 aliphatic heterocycles. The van der Waals surface area contributed by atoms with E-state index in [-0.39, 0.29) is 11.3 Å². The number of carbonyl (C=O) groups is 1. The van der Waals surface area contributed by atoms with Crippen molar-refractivity contribution in [2.45, 2.75) is 19.8 Å². The maximum absolute atomic E-state index is 12.8. The first-order chi connectivity index (χ1) is 14.4. The molecule has 0 unspecified atom stereocenters. The van der Waals surface area contributed by atoms with Crippen LogP contribution in [-0.4, -0.2) is 37.1 Å². The molecule has 158 valence electrons. The number of piperidine rings is 1. The smallest absolute Gasteiger partial charge is 0.293 e. The second-order valence-corrected chi connectivity index (χ2v) is 8.41. The van der Waals surface area contributed by atoms with Crippen LogP contribution in [0.15, 0.2) is 34.8 Å². The van der Waals surface area contributed by atoms with Crippen LogP contribution < -0.4 is 19.7 Å². The zero-order valence-electron chi connectivity index (χ0n) is 16.5. The van der Waals surface area contributed by atoms with Crippen molar-refractivity contribution in [2.75, 3.05) is 36.5 Å². The van der Waals surface area contributed by atoms with E-state index >= 15 is 0 Å². The lowest BCUT2D eigenvalue weighted by Gasteiger charge is -2.31. The van der Waals surface area contributed by atoms with Crippen molar-refractivity contribution < 1.29 is 19.2 Å². The number of benzene rings is 2. The molecule has 2 heterocycles. The molecule has 0 radical (unpaired) electrons. The van der Waals surface area contributed by atoms with Crippen LogP contribution in [0, 0.1) is 16.0 Å². The van der Waals surface area contributed by atoms with Crippen LogP contribution in [-0.2, 0) is 0 Å². The van der Waals surface area contributed by atoms with Gasteiger partial charge in [0.05, 0.1) is 10.6 Å². The number of nitrogens with zero attached hydrogens (tertiary/aromatic N) is 2. The lowest BCUT2D eigenvalue weighted by atomic mass is 9.98. The van der Waals surface area contributed by atoms with Crippen molar-refractivity contribution in [3.8, 4) is 11.5 Å². The van der Waals surface area contributed by atoms with Gasteiger partial charge in [0.15, 0.2) is 11.5 Å². The van der Waals surface area contributed by atoms with Crippen LogP contribution in [0.5, 0.6) is 11.5 Å². The summed E-state index contributed by atoms with van der Waals surface area (Å²) in [5.74, 6) is 1.33. The number of amides is 1. The first-order valence-electron chi connectivity index (χ1n) is 9.86. The molecule has 0 aliphatic carbocycles. The largest absolute Gasteiger partial charge is 0.486 e. The van der Waals surface area contributed by atoms with Crippen LogP contribution >= 0.6 is 15.9 Å². The lowest BCUT2D eigenvalue weighted by molar-refractivity contribution is -0.384. The van der Waals surface area contributed by atoms with Crippen molar-refractivity contribution in [1.29, 1.82) is 0 Å². The molecule has 1 amide bonds. The van der Waals surface area contributed by atoms with Crippen molar-refractivity contribution >= 4 is 38.9 Å². The zero-order chi connectivity index (χ0) is 21.3. The summed E-state index contributed by atoms with van der Waals surface area (Å²) in [5.41, 5.74) is 1.22. The van der Waals surface area contributed by atoms with Crippen molar-refractivity contribution in [3.63, 3.8) is 0 Å². The number of anilines is 2. The SMILES string of the molecule is CC1CCN(c2ccc(C(=O)Nc3cc4c(cc3Br)OCCO4)cc2[N+](=O)[O-])CC1. The number of hydrogen-bond donors (Lipinski definition) is 1. The number of nitro benzene ring substituents is 1. The van der Waals surface area contributed by atoms with E-state index in [1.54, 1.807) is 24.3 Å². The van der Waals surface area contributed by atoms with E-state index in [2.05, 4.69) is 28.2 Å². The van der Waals surface area contributed by atoms with E-state index in [9.17, 15) is 14.9 Å². The first-order valence-corrected chi connectivity index (χ1v) is 10.7. The molecule has 9 heteroatoms. The Kier molecular flexibility index (Phi) is 5.80. The average molecular weight is 476 g/mol. The number of nitrogens with one attached hydrogen (secondary N) is 1. The minimum Gasteiger partial charge on any atom is -0.486 e. The molecule has 1 fully saturated rings. The quantitative estimate of drug-likeness (QED) is 0.512. The molecular formula is C21H22BrN3O5. The van der Waals surface area contributed by atoms with Gasteiger partial charge in [0.1, 0.15) is 18.9 Å². The Bertz CT molecular complexity index is 989. The standard InChI is InChI=1S/C21H22BrN3O5/c1-13-4-6-24(7-5-13)17-3-2-14(10-18(17)25(27)28)21(26)23-16-12-20-19(11-15(16)22)29-8-9-30-20/h2-3,10-13H,4-9H2,1H3,(H,23,26). The van der Waals surface area contributed by atoms with Gasteiger partial charge in [0, 0.05) is 41.3 Å². The Morgan fingerprint density at radius 2 is 1.83 bits per heavy atom. The molecule has 0 aromatic heterocycles. The minimum absolute atomic E-state index is 0.0570. The maximum atomic E-state index is 12.8. The normalized spacial score (nSPS) is 16.3. The van der Waals surface area contributed by atoms with Crippen LogP contribution in [0.3, 0.4) is 0 Å². The van der Waals surface area contributed by atoms with E-state index in [4.69, 9.17) is 9.47 Å². The van der Waals surface area contributed by atoms with Crippen molar-refractivity contribution in [1.82, 2.24) is 0 Å². The molecule has 2 aromatic carbocycles. The first kappa shape index (κ1) is 20.5. The van der Waals surface area contributed by atoms with Gasteiger partial charge >= 0.3 is 0 Å². The number of ether oxygens (including phenoxy) is 2. The van der Waals surface area contributed by atoms with Gasteiger partial charge in [-0.2, -0.15) is 0 Å². The number of fused-ring (bicyclic) bond motifs is 1. The number of carbonyl (C=O) groups excluding carboxylic acids is 1. The second kappa shape index (κ2) is 8.51. The molecule has 8 nitrogen and oxygen atoms in total. The molecular weight excluding hydrogens is 454 g/mol. The summed E-state index contributed by atoms with van der Waals surface area (Å²) < 4.78 is 11.7. The number of halogens is 1. The number of hydrogen-bond acceptors (Lipinski definition) is 6. The van der Waals surface area contributed by atoms with Gasteiger partial charge in [-0.3, -0.25) is 14.9 Å². The molecule has 0 atom stereocenters. The zero-order valence-corrected chi connectivity index (χ0v) is 18.1. The Morgan fingerprint density at radius 3 is 2.50 bits per heavy atom. The monoisotopic (exact) mass is 475 g/mol. The van der Waals surface area contributed by atoms with Crippen LogP contribution in [0.4, 0.5) is 17.1 Å². The minimum atomic E-state index is -0.436. The van der Waals surface area contributed by atoms with Gasteiger partial charge in [-0.1, -0.05) is 6.92 Å². The summed E-state index contributed by atoms with van der Waals surface area (Å²) >= 11 is 3.42. The third kappa shape index (κ3) is 4.21. The predicted octanol–water partition coefficient (Wildman–Crippen LogP) is 4.62. The summed E-state index contributed by atoms with van der Waals surface area (Å²) in [6, 6.07) is 8.04. The Balaban J connectivity index is 1.57. The molecule has 1 N–H and O–H groups in total. The fourth-order valence-corrected chi connectivity index (χ4v) is 4.10. The van der Waals surface area contributed by atoms with Crippen LogP contribution in [0.2, 0.25) is 0 Å². The highest BCUT2D eigenvalue weighted by Gasteiger charge is 2.25. The van der Waals surface area contributed by atoms with Gasteiger partial charge in [-0.25, -0.2) is 0 Å². The third-order valence-electron chi connectivity index (χ3n) is 5.44. The number of rotatable bonds is 4. The molecule has 4 rings (SSSR count). The fraction of sp³-hybridized carbons (Fsp3) is 0.381. The van der Waals surface area contributed by atoms with Gasteiger partial charge in [0.2, 0.25) is 0 Å². The van der Waals surface area contributed by atoms with Crippen LogP contribution in [0.25, 0.3) is 0 Å². The molecule has 0 saturated carbocycles. The van der Waals surface area contributed by atoms with Crippen molar-refractivity contribution in [2.24, 2.45) is 5.92 Å². The van der Waals surface area contributed by atoms with Gasteiger partial charge < -0.3 is 19.7 Å². The molecule has 1 saturated heterocycles. The molecule has 30 heavy (non-hydrogen) atoms. The predicted molar refractivity (Wildman–Crippen MR) is 117 cm³/mol. The summed E-state index contributed by atoms with van der Waals surface area (Å²) in [5, 5.41) is 14.5. The summed E-state index contributed by atoms with van der Waals surface area (Å²) in [6.07, 6.45) is 2.00. The van der Waals surface area contributed by atoms with Gasteiger partial charge in [0.25, 0.3) is 11.6 Å².